The summed E-state index contributed by atoms with van der Waals surface area (Å²) in [5, 5.41) is 1.23. The van der Waals surface area contributed by atoms with Crippen molar-refractivity contribution in [2.24, 2.45) is 0 Å². The first kappa shape index (κ1) is 17.0. The van der Waals surface area contributed by atoms with Crippen LogP contribution in [0.4, 0.5) is 0 Å². The summed E-state index contributed by atoms with van der Waals surface area (Å²) in [6, 6.07) is 5.38. The van der Waals surface area contributed by atoms with Crippen molar-refractivity contribution in [1.29, 1.82) is 0 Å². The van der Waals surface area contributed by atoms with E-state index in [1.54, 1.807) is 18.5 Å². The number of aromatic nitrogens is 2. The summed E-state index contributed by atoms with van der Waals surface area (Å²) in [4.78, 5) is 16.3. The van der Waals surface area contributed by atoms with Gasteiger partial charge in [0.2, 0.25) is 0 Å². The van der Waals surface area contributed by atoms with E-state index in [4.69, 9.17) is 23.2 Å². The lowest BCUT2D eigenvalue weighted by Gasteiger charge is -2.08. The molecule has 118 valence electrons. The predicted molar refractivity (Wildman–Crippen MR) is 90.6 cm³/mol. The third-order valence-electron chi connectivity index (χ3n) is 3.62. The summed E-state index contributed by atoms with van der Waals surface area (Å²) < 4.78 is 1.95. The van der Waals surface area contributed by atoms with Crippen LogP contribution in [0.5, 0.6) is 0 Å². The van der Waals surface area contributed by atoms with Crippen molar-refractivity contribution in [1.82, 2.24) is 9.55 Å². The summed E-state index contributed by atoms with van der Waals surface area (Å²) >= 11 is 12.0. The number of Topliss-reactive ketones (excluding diaryl/α,β-unsaturated/α-hetero) is 1. The zero-order chi connectivity index (χ0) is 15.9. The first-order valence-corrected chi connectivity index (χ1v) is 8.30. The Morgan fingerprint density at radius 1 is 1.27 bits per heavy atom. The summed E-state index contributed by atoms with van der Waals surface area (Å²) in [6.07, 6.45) is 7.89. The monoisotopic (exact) mass is 338 g/mol. The largest absolute Gasteiger partial charge is 0.327 e. The van der Waals surface area contributed by atoms with Gasteiger partial charge in [-0.3, -0.25) is 4.79 Å². The third-order valence-corrected chi connectivity index (χ3v) is 4.21. The molecule has 0 atom stereocenters. The SMILES string of the molecule is CCCCc1cncn1CC(=O)CCc1ccc(Cl)cc1Cl. The van der Waals surface area contributed by atoms with Gasteiger partial charge in [-0.25, -0.2) is 4.98 Å². The Labute approximate surface area is 141 Å². The van der Waals surface area contributed by atoms with Gasteiger partial charge in [0, 0.05) is 28.4 Å². The fourth-order valence-electron chi connectivity index (χ4n) is 2.32. The Hall–Kier alpha value is -1.32. The second-order valence-electron chi connectivity index (χ2n) is 5.39. The molecule has 0 spiro atoms. The van der Waals surface area contributed by atoms with Gasteiger partial charge in [0.1, 0.15) is 0 Å². The van der Waals surface area contributed by atoms with E-state index in [0.29, 0.717) is 29.4 Å². The number of ketones is 1. The molecule has 0 aliphatic heterocycles. The highest BCUT2D eigenvalue weighted by atomic mass is 35.5. The third kappa shape index (κ3) is 4.85. The van der Waals surface area contributed by atoms with Crippen LogP contribution in [-0.2, 0) is 24.2 Å². The lowest BCUT2D eigenvalue weighted by molar-refractivity contribution is -0.119. The van der Waals surface area contributed by atoms with Crippen molar-refractivity contribution >= 4 is 29.0 Å². The van der Waals surface area contributed by atoms with Crippen molar-refractivity contribution < 1.29 is 4.79 Å². The molecule has 2 aromatic rings. The van der Waals surface area contributed by atoms with Crippen LogP contribution in [0, 0.1) is 0 Å². The summed E-state index contributed by atoms with van der Waals surface area (Å²) in [5.74, 6) is 0.182. The van der Waals surface area contributed by atoms with E-state index in [-0.39, 0.29) is 5.78 Å². The molecule has 1 aromatic carbocycles. The Morgan fingerprint density at radius 2 is 2.09 bits per heavy atom. The number of carbonyl (C=O) groups excluding carboxylic acids is 1. The average molecular weight is 339 g/mol. The molecule has 2 rings (SSSR count). The molecule has 22 heavy (non-hydrogen) atoms. The van der Waals surface area contributed by atoms with Gasteiger partial charge in [0.25, 0.3) is 0 Å². The van der Waals surface area contributed by atoms with Crippen molar-refractivity contribution in [2.45, 2.75) is 45.6 Å². The topological polar surface area (TPSA) is 34.9 Å². The number of aryl methyl sites for hydroxylation is 2. The number of imidazole rings is 1. The van der Waals surface area contributed by atoms with Gasteiger partial charge in [-0.2, -0.15) is 0 Å². The number of rotatable bonds is 8. The van der Waals surface area contributed by atoms with E-state index in [1.165, 1.54) is 0 Å². The molecule has 3 nitrogen and oxygen atoms in total. The molecule has 0 bridgehead atoms. The van der Waals surface area contributed by atoms with Crippen LogP contribution in [0.2, 0.25) is 10.0 Å². The standard InChI is InChI=1S/C17H20Cl2N2O/c1-2-3-4-15-10-20-12-21(15)11-16(22)8-6-13-5-7-14(18)9-17(13)19/h5,7,9-10,12H,2-4,6,8,11H2,1H3. The van der Waals surface area contributed by atoms with Crippen molar-refractivity contribution in [2.75, 3.05) is 0 Å². The van der Waals surface area contributed by atoms with Gasteiger partial charge in [-0.1, -0.05) is 42.6 Å². The Morgan fingerprint density at radius 3 is 2.82 bits per heavy atom. The van der Waals surface area contributed by atoms with E-state index in [1.807, 2.05) is 16.8 Å². The van der Waals surface area contributed by atoms with Gasteiger partial charge in [0.05, 0.1) is 12.9 Å². The molecular weight excluding hydrogens is 319 g/mol. The van der Waals surface area contributed by atoms with E-state index in [0.717, 1.165) is 30.5 Å². The number of hydrogen-bond acceptors (Lipinski definition) is 2. The van der Waals surface area contributed by atoms with Crippen LogP contribution in [0.3, 0.4) is 0 Å². The van der Waals surface area contributed by atoms with Crippen molar-refractivity contribution in [3.63, 3.8) is 0 Å². The summed E-state index contributed by atoms with van der Waals surface area (Å²) in [7, 11) is 0. The number of benzene rings is 1. The molecule has 5 heteroatoms. The second-order valence-corrected chi connectivity index (χ2v) is 6.23. The smallest absolute Gasteiger partial charge is 0.152 e. The Balaban J connectivity index is 1.89. The van der Waals surface area contributed by atoms with Gasteiger partial charge < -0.3 is 4.57 Å². The highest BCUT2D eigenvalue weighted by Gasteiger charge is 2.09. The fraction of sp³-hybridized carbons (Fsp3) is 0.412. The van der Waals surface area contributed by atoms with Gasteiger partial charge >= 0.3 is 0 Å². The maximum atomic E-state index is 12.2. The number of hydrogen-bond donors (Lipinski definition) is 0. The number of carbonyl (C=O) groups is 1. The Bertz CT molecular complexity index is 637. The molecule has 0 saturated heterocycles. The summed E-state index contributed by atoms with van der Waals surface area (Å²) in [5.41, 5.74) is 2.08. The molecule has 1 heterocycles. The minimum absolute atomic E-state index is 0.182. The van der Waals surface area contributed by atoms with Gasteiger partial charge in [0.15, 0.2) is 5.78 Å². The van der Waals surface area contributed by atoms with Crippen LogP contribution < -0.4 is 0 Å². The lowest BCUT2D eigenvalue weighted by atomic mass is 10.1. The zero-order valence-corrected chi connectivity index (χ0v) is 14.2. The molecule has 0 radical (unpaired) electrons. The highest BCUT2D eigenvalue weighted by molar-refractivity contribution is 6.35. The molecule has 0 fully saturated rings. The molecule has 0 aliphatic carbocycles. The average Bonchev–Trinajstić information content (AvgIpc) is 2.91. The molecular formula is C17H20Cl2N2O. The summed E-state index contributed by atoms with van der Waals surface area (Å²) in [6.45, 7) is 2.53. The van der Waals surface area contributed by atoms with E-state index in [9.17, 15) is 4.79 Å². The van der Waals surface area contributed by atoms with Crippen LogP contribution in [-0.4, -0.2) is 15.3 Å². The second kappa shape index (κ2) is 8.35. The fourth-order valence-corrected chi connectivity index (χ4v) is 2.83. The molecule has 0 aliphatic rings. The number of nitrogens with zero attached hydrogens (tertiary/aromatic N) is 2. The normalized spacial score (nSPS) is 10.9. The lowest BCUT2D eigenvalue weighted by Crippen LogP contribution is -2.12. The number of halogens is 2. The van der Waals surface area contributed by atoms with Crippen LogP contribution in [0.1, 0.15) is 37.4 Å². The quantitative estimate of drug-likeness (QED) is 0.697. The zero-order valence-electron chi connectivity index (χ0n) is 12.7. The minimum atomic E-state index is 0.182. The first-order chi connectivity index (χ1) is 10.6. The van der Waals surface area contributed by atoms with Gasteiger partial charge in [-0.05, 0) is 37.0 Å². The molecule has 0 N–H and O–H groups in total. The Kier molecular flexibility index (Phi) is 6.47. The molecule has 0 unspecified atom stereocenters. The van der Waals surface area contributed by atoms with E-state index < -0.39 is 0 Å². The maximum absolute atomic E-state index is 12.2. The predicted octanol–water partition coefficient (Wildman–Crippen LogP) is 4.73. The first-order valence-electron chi connectivity index (χ1n) is 7.54. The molecule has 1 aromatic heterocycles. The van der Waals surface area contributed by atoms with Crippen LogP contribution in [0.15, 0.2) is 30.7 Å². The van der Waals surface area contributed by atoms with Crippen LogP contribution in [0.25, 0.3) is 0 Å². The van der Waals surface area contributed by atoms with Crippen molar-refractivity contribution in [3.05, 3.63) is 52.0 Å². The molecule has 0 saturated carbocycles. The van der Waals surface area contributed by atoms with E-state index in [2.05, 4.69) is 11.9 Å². The maximum Gasteiger partial charge on any atom is 0.152 e. The van der Waals surface area contributed by atoms with Crippen molar-refractivity contribution in [3.8, 4) is 0 Å². The van der Waals surface area contributed by atoms with Crippen LogP contribution >= 0.6 is 23.2 Å². The highest BCUT2D eigenvalue weighted by Crippen LogP contribution is 2.22. The van der Waals surface area contributed by atoms with Gasteiger partial charge in [-0.15, -0.1) is 0 Å². The minimum Gasteiger partial charge on any atom is -0.327 e. The van der Waals surface area contributed by atoms with E-state index >= 15 is 0 Å². The molecule has 0 amide bonds. The number of unbranched alkanes of at least 4 members (excludes halogenated alkanes) is 1.